The molecule has 2 aromatic heterocycles. The summed E-state index contributed by atoms with van der Waals surface area (Å²) in [6, 6.07) is 3.43. The van der Waals surface area contributed by atoms with Crippen LogP contribution in [0, 0.1) is 0 Å². The molecule has 4 rings (SSSR count). The number of hydrogen-bond donors (Lipinski definition) is 1. The molecule has 0 aliphatic heterocycles. The van der Waals surface area contributed by atoms with Crippen LogP contribution in [0.25, 0.3) is 0 Å². The summed E-state index contributed by atoms with van der Waals surface area (Å²) in [5, 5.41) is 3.41. The summed E-state index contributed by atoms with van der Waals surface area (Å²) in [7, 11) is 1.37. The van der Waals surface area contributed by atoms with E-state index in [4.69, 9.17) is 13.9 Å². The predicted molar refractivity (Wildman–Crippen MR) is 111 cm³/mol. The third kappa shape index (κ3) is 4.56. The molecule has 2 aromatic rings. The Morgan fingerprint density at radius 3 is 2.72 bits per heavy atom. The predicted octanol–water partition coefficient (Wildman–Crippen LogP) is 5.11. The number of aryl methyl sites for hydroxylation is 1. The number of thiophene rings is 1. The van der Waals surface area contributed by atoms with Gasteiger partial charge in [-0.25, -0.2) is 4.79 Å². The lowest BCUT2D eigenvalue weighted by Crippen LogP contribution is -2.16. The van der Waals surface area contributed by atoms with E-state index in [-0.39, 0.29) is 17.8 Å². The van der Waals surface area contributed by atoms with E-state index in [0.717, 1.165) is 49.0 Å². The van der Waals surface area contributed by atoms with Crippen molar-refractivity contribution in [2.45, 2.75) is 70.5 Å². The first-order valence-electron chi connectivity index (χ1n) is 10.4. The van der Waals surface area contributed by atoms with Gasteiger partial charge in [0.15, 0.2) is 5.76 Å². The number of rotatable bonds is 6. The van der Waals surface area contributed by atoms with Gasteiger partial charge in [-0.3, -0.25) is 4.79 Å². The van der Waals surface area contributed by atoms with Crippen LogP contribution < -0.4 is 5.32 Å². The number of fused-ring (bicyclic) bond motifs is 1. The van der Waals surface area contributed by atoms with Crippen LogP contribution in [-0.2, 0) is 28.9 Å². The Balaban J connectivity index is 1.44. The molecule has 7 heteroatoms. The maximum absolute atomic E-state index is 12.7. The van der Waals surface area contributed by atoms with Gasteiger partial charge >= 0.3 is 5.97 Å². The fourth-order valence-electron chi connectivity index (χ4n) is 4.15. The minimum absolute atomic E-state index is 0.217. The summed E-state index contributed by atoms with van der Waals surface area (Å²) in [5.74, 6) is 0.0900. The van der Waals surface area contributed by atoms with Gasteiger partial charge < -0.3 is 19.2 Å². The van der Waals surface area contributed by atoms with Crippen LogP contribution in [0.5, 0.6) is 0 Å². The first-order chi connectivity index (χ1) is 14.2. The minimum atomic E-state index is -0.402. The van der Waals surface area contributed by atoms with Gasteiger partial charge in [0.25, 0.3) is 5.91 Å². The molecule has 6 nitrogen and oxygen atoms in total. The molecule has 2 aliphatic carbocycles. The van der Waals surface area contributed by atoms with E-state index < -0.39 is 5.97 Å². The Morgan fingerprint density at radius 2 is 1.93 bits per heavy atom. The van der Waals surface area contributed by atoms with Crippen molar-refractivity contribution in [3.63, 3.8) is 0 Å². The number of ether oxygens (including phenoxy) is 2. The number of carbonyl (C=O) groups excluding carboxylic acids is 2. The maximum atomic E-state index is 12.7. The Bertz CT molecular complexity index is 878. The molecule has 1 N–H and O–H groups in total. The second-order valence-electron chi connectivity index (χ2n) is 7.70. The summed E-state index contributed by atoms with van der Waals surface area (Å²) >= 11 is 1.47. The fraction of sp³-hybridized carbons (Fsp3) is 0.545. The zero-order valence-corrected chi connectivity index (χ0v) is 17.6. The summed E-state index contributed by atoms with van der Waals surface area (Å²) in [4.78, 5) is 26.2. The maximum Gasteiger partial charge on any atom is 0.341 e. The van der Waals surface area contributed by atoms with Gasteiger partial charge in [0.1, 0.15) is 17.4 Å². The topological polar surface area (TPSA) is 77.8 Å². The van der Waals surface area contributed by atoms with Crippen molar-refractivity contribution in [3.8, 4) is 0 Å². The molecule has 29 heavy (non-hydrogen) atoms. The molecule has 0 atom stereocenters. The SMILES string of the molecule is COC(=O)c1c(NC(=O)c2ccc(COC3CCCCC3)o2)sc2c1CCCC2. The Labute approximate surface area is 174 Å². The zero-order chi connectivity index (χ0) is 20.2. The van der Waals surface area contributed by atoms with Crippen molar-refractivity contribution in [2.75, 3.05) is 12.4 Å². The number of anilines is 1. The van der Waals surface area contributed by atoms with Crippen LogP contribution in [0.1, 0.15) is 82.1 Å². The standard InChI is InChI=1S/C22H27NO5S/c1-26-22(25)19-16-9-5-6-10-18(16)29-21(19)23-20(24)17-12-11-15(28-17)13-27-14-7-3-2-4-8-14/h11-12,14H,2-10,13H2,1H3,(H,23,24). The molecule has 0 saturated heterocycles. The van der Waals surface area contributed by atoms with Crippen LogP contribution in [0.4, 0.5) is 5.00 Å². The highest BCUT2D eigenvalue weighted by molar-refractivity contribution is 7.17. The zero-order valence-electron chi connectivity index (χ0n) is 16.8. The lowest BCUT2D eigenvalue weighted by atomic mass is 9.95. The number of methoxy groups -OCH3 is 1. The van der Waals surface area contributed by atoms with Crippen molar-refractivity contribution in [1.82, 2.24) is 0 Å². The van der Waals surface area contributed by atoms with E-state index in [9.17, 15) is 9.59 Å². The molecule has 2 aliphatic rings. The average molecular weight is 418 g/mol. The largest absolute Gasteiger partial charge is 0.465 e. The molecule has 1 fully saturated rings. The van der Waals surface area contributed by atoms with Gasteiger partial charge in [-0.1, -0.05) is 19.3 Å². The quantitative estimate of drug-likeness (QED) is 0.661. The van der Waals surface area contributed by atoms with Crippen molar-refractivity contribution in [1.29, 1.82) is 0 Å². The number of hydrogen-bond acceptors (Lipinski definition) is 6. The van der Waals surface area contributed by atoms with Crippen LogP contribution in [-0.4, -0.2) is 25.1 Å². The van der Waals surface area contributed by atoms with Gasteiger partial charge in [0, 0.05) is 4.88 Å². The minimum Gasteiger partial charge on any atom is -0.465 e. The van der Waals surface area contributed by atoms with E-state index in [1.807, 2.05) is 0 Å². The van der Waals surface area contributed by atoms with Crippen molar-refractivity contribution in [3.05, 3.63) is 39.7 Å². The van der Waals surface area contributed by atoms with Crippen molar-refractivity contribution < 1.29 is 23.5 Å². The second-order valence-corrected chi connectivity index (χ2v) is 8.80. The second kappa shape index (κ2) is 9.13. The Morgan fingerprint density at radius 1 is 1.14 bits per heavy atom. The smallest absolute Gasteiger partial charge is 0.341 e. The molecular formula is C22H27NO5S. The molecular weight excluding hydrogens is 390 g/mol. The van der Waals surface area contributed by atoms with Crippen molar-refractivity contribution in [2.24, 2.45) is 0 Å². The van der Waals surface area contributed by atoms with Crippen molar-refractivity contribution >= 4 is 28.2 Å². The van der Waals surface area contributed by atoms with E-state index in [0.29, 0.717) is 22.9 Å². The lowest BCUT2D eigenvalue weighted by Gasteiger charge is -2.21. The normalized spacial score (nSPS) is 17.0. The van der Waals surface area contributed by atoms with E-state index in [1.54, 1.807) is 12.1 Å². The summed E-state index contributed by atoms with van der Waals surface area (Å²) < 4.78 is 16.6. The molecule has 0 unspecified atom stereocenters. The average Bonchev–Trinajstić information content (AvgIpc) is 3.37. The first kappa shape index (κ1) is 20.2. The van der Waals surface area contributed by atoms with Crippen LogP contribution in [0.2, 0.25) is 0 Å². The fourth-order valence-corrected chi connectivity index (χ4v) is 5.42. The highest BCUT2D eigenvalue weighted by Crippen LogP contribution is 2.38. The van der Waals surface area contributed by atoms with Crippen LogP contribution in [0.15, 0.2) is 16.5 Å². The van der Waals surface area contributed by atoms with Gasteiger partial charge in [-0.05, 0) is 56.2 Å². The van der Waals surface area contributed by atoms with Gasteiger partial charge in [0.05, 0.1) is 18.8 Å². The molecule has 0 bridgehead atoms. The van der Waals surface area contributed by atoms with E-state index in [1.165, 1.54) is 37.7 Å². The highest BCUT2D eigenvalue weighted by atomic mass is 32.1. The summed E-state index contributed by atoms with van der Waals surface area (Å²) in [6.07, 6.45) is 10.1. The van der Waals surface area contributed by atoms with E-state index >= 15 is 0 Å². The molecule has 0 radical (unpaired) electrons. The molecule has 1 amide bonds. The van der Waals surface area contributed by atoms with Gasteiger partial charge in [0.2, 0.25) is 0 Å². The number of amides is 1. The number of nitrogens with one attached hydrogen (secondary N) is 1. The van der Waals surface area contributed by atoms with Gasteiger partial charge in [-0.2, -0.15) is 0 Å². The number of carbonyl (C=O) groups is 2. The number of esters is 1. The Kier molecular flexibility index (Phi) is 6.35. The summed E-state index contributed by atoms with van der Waals surface area (Å²) in [6.45, 7) is 0.374. The third-order valence-corrected chi connectivity index (χ3v) is 6.89. The molecule has 156 valence electrons. The Hall–Kier alpha value is -2.12. The third-order valence-electron chi connectivity index (χ3n) is 5.69. The summed E-state index contributed by atoms with van der Waals surface area (Å²) in [5.41, 5.74) is 1.51. The van der Waals surface area contributed by atoms with Crippen LogP contribution >= 0.6 is 11.3 Å². The highest BCUT2D eigenvalue weighted by Gasteiger charge is 2.27. The number of furan rings is 1. The monoisotopic (exact) mass is 417 g/mol. The van der Waals surface area contributed by atoms with Crippen LogP contribution in [0.3, 0.4) is 0 Å². The first-order valence-corrected chi connectivity index (χ1v) is 11.2. The molecule has 2 heterocycles. The van der Waals surface area contributed by atoms with E-state index in [2.05, 4.69) is 5.32 Å². The lowest BCUT2D eigenvalue weighted by molar-refractivity contribution is 0.00849. The molecule has 1 saturated carbocycles. The molecule has 0 spiro atoms. The van der Waals surface area contributed by atoms with Gasteiger partial charge in [-0.15, -0.1) is 11.3 Å². The molecule has 0 aromatic carbocycles.